The van der Waals surface area contributed by atoms with Gasteiger partial charge in [-0.1, -0.05) is 0 Å². The van der Waals surface area contributed by atoms with E-state index in [4.69, 9.17) is 4.74 Å². The minimum Gasteiger partial charge on any atom is -0.381 e. The normalized spacial score (nSPS) is 34.1. The summed E-state index contributed by atoms with van der Waals surface area (Å²) in [5.74, 6) is 0.232. The summed E-state index contributed by atoms with van der Waals surface area (Å²) in [4.78, 5) is 15.0. The van der Waals surface area contributed by atoms with Crippen LogP contribution in [-0.4, -0.2) is 68.2 Å². The van der Waals surface area contributed by atoms with Crippen molar-refractivity contribution in [1.82, 2.24) is 9.21 Å². The highest BCUT2D eigenvalue weighted by Crippen LogP contribution is 2.38. The number of carbonyl (C=O) groups excluding carboxylic acids is 1. The molecule has 7 heteroatoms. The molecule has 2 unspecified atom stereocenters. The van der Waals surface area contributed by atoms with E-state index in [1.807, 2.05) is 0 Å². The van der Waals surface area contributed by atoms with Gasteiger partial charge in [-0.25, -0.2) is 12.7 Å². The van der Waals surface area contributed by atoms with Crippen LogP contribution < -0.4 is 0 Å². The molecule has 0 aromatic carbocycles. The number of hydrogen-bond acceptors (Lipinski definition) is 4. The summed E-state index contributed by atoms with van der Waals surface area (Å²) in [6, 6.07) is 0.647. The number of rotatable bonds is 3. The van der Waals surface area contributed by atoms with Gasteiger partial charge in [-0.05, 0) is 38.5 Å². The van der Waals surface area contributed by atoms with Crippen LogP contribution in [0.4, 0.5) is 0 Å². The van der Waals surface area contributed by atoms with Gasteiger partial charge in [0.05, 0.1) is 12.4 Å². The maximum Gasteiger partial charge on any atom is 0.226 e. The first-order valence-corrected chi connectivity index (χ1v) is 10.0. The number of methoxy groups -OCH3 is 1. The highest BCUT2D eigenvalue weighted by molar-refractivity contribution is 7.88. The largest absolute Gasteiger partial charge is 0.381 e. The molecule has 2 bridgehead atoms. The fraction of sp³-hybridized carbons (Fsp3) is 0.933. The Balaban J connectivity index is 1.62. The molecular formula is C15H26N2O4S. The summed E-state index contributed by atoms with van der Waals surface area (Å²) >= 11 is 0. The van der Waals surface area contributed by atoms with Crippen LogP contribution >= 0.6 is 0 Å². The lowest BCUT2D eigenvalue weighted by molar-refractivity contribution is -0.143. The number of nitrogens with zero attached hydrogens (tertiary/aromatic N) is 2. The van der Waals surface area contributed by atoms with E-state index in [1.54, 1.807) is 7.11 Å². The van der Waals surface area contributed by atoms with Gasteiger partial charge in [0, 0.05) is 38.2 Å². The van der Waals surface area contributed by atoms with Crippen molar-refractivity contribution in [3.63, 3.8) is 0 Å². The number of ether oxygens (including phenoxy) is 1. The van der Waals surface area contributed by atoms with Crippen LogP contribution in [0.15, 0.2) is 0 Å². The Labute approximate surface area is 132 Å². The topological polar surface area (TPSA) is 66.9 Å². The van der Waals surface area contributed by atoms with E-state index >= 15 is 0 Å². The van der Waals surface area contributed by atoms with Crippen LogP contribution in [0.25, 0.3) is 0 Å². The molecule has 0 aromatic heterocycles. The average molecular weight is 330 g/mol. The summed E-state index contributed by atoms with van der Waals surface area (Å²) in [7, 11) is -1.38. The summed E-state index contributed by atoms with van der Waals surface area (Å²) in [5.41, 5.74) is 0. The minimum absolute atomic E-state index is 0.0137. The lowest BCUT2D eigenvalue weighted by atomic mass is 9.92. The van der Waals surface area contributed by atoms with E-state index in [2.05, 4.69) is 4.90 Å². The summed E-state index contributed by atoms with van der Waals surface area (Å²) in [6.07, 6.45) is 6.88. The van der Waals surface area contributed by atoms with Crippen molar-refractivity contribution < 1.29 is 17.9 Å². The number of piperidine rings is 2. The number of amides is 1. The molecule has 126 valence electrons. The molecule has 3 rings (SSSR count). The summed E-state index contributed by atoms with van der Waals surface area (Å²) in [5, 5.41) is 0. The van der Waals surface area contributed by atoms with E-state index in [-0.39, 0.29) is 17.9 Å². The predicted molar refractivity (Wildman–Crippen MR) is 82.8 cm³/mol. The second-order valence-corrected chi connectivity index (χ2v) is 8.88. The molecule has 0 aromatic rings. The van der Waals surface area contributed by atoms with Crippen molar-refractivity contribution in [2.24, 2.45) is 5.92 Å². The predicted octanol–water partition coefficient (Wildman–Crippen LogP) is 0.826. The fourth-order valence-electron chi connectivity index (χ4n) is 4.32. The standard InChI is InChI=1S/C15H26N2O4S/c1-21-14-9-12-3-4-13(10-14)17(12)15(18)11-5-7-16(8-6-11)22(2,19)20/h11-14H,3-10H2,1-2H3. The van der Waals surface area contributed by atoms with Crippen molar-refractivity contribution in [2.75, 3.05) is 26.5 Å². The van der Waals surface area contributed by atoms with Gasteiger partial charge in [-0.2, -0.15) is 0 Å². The molecule has 3 fully saturated rings. The Hall–Kier alpha value is -0.660. The molecule has 3 saturated heterocycles. The lowest BCUT2D eigenvalue weighted by Gasteiger charge is -2.41. The van der Waals surface area contributed by atoms with E-state index < -0.39 is 10.0 Å². The summed E-state index contributed by atoms with van der Waals surface area (Å²) in [6.45, 7) is 0.943. The van der Waals surface area contributed by atoms with Crippen LogP contribution in [0.3, 0.4) is 0 Å². The third kappa shape index (κ3) is 3.03. The summed E-state index contributed by atoms with van der Waals surface area (Å²) < 4.78 is 30.1. The van der Waals surface area contributed by atoms with Crippen LogP contribution in [0.2, 0.25) is 0 Å². The average Bonchev–Trinajstić information content (AvgIpc) is 2.75. The van der Waals surface area contributed by atoms with E-state index in [0.717, 1.165) is 25.7 Å². The first-order valence-electron chi connectivity index (χ1n) is 8.20. The highest BCUT2D eigenvalue weighted by atomic mass is 32.2. The third-order valence-corrected chi connectivity index (χ3v) is 6.85. The van der Waals surface area contributed by atoms with Gasteiger partial charge in [-0.3, -0.25) is 4.79 Å². The zero-order valence-electron chi connectivity index (χ0n) is 13.4. The monoisotopic (exact) mass is 330 g/mol. The molecule has 2 atom stereocenters. The van der Waals surface area contributed by atoms with Crippen molar-refractivity contribution >= 4 is 15.9 Å². The Morgan fingerprint density at radius 2 is 1.59 bits per heavy atom. The molecule has 0 N–H and O–H groups in total. The maximum absolute atomic E-state index is 12.9. The molecule has 22 heavy (non-hydrogen) atoms. The van der Waals surface area contributed by atoms with E-state index in [1.165, 1.54) is 10.6 Å². The van der Waals surface area contributed by atoms with Crippen LogP contribution in [0.1, 0.15) is 38.5 Å². The van der Waals surface area contributed by atoms with Gasteiger partial charge >= 0.3 is 0 Å². The Bertz CT molecular complexity index is 514. The Kier molecular flexibility index (Phi) is 4.49. The number of hydrogen-bond donors (Lipinski definition) is 0. The number of fused-ring (bicyclic) bond motifs is 2. The van der Waals surface area contributed by atoms with Crippen LogP contribution in [0, 0.1) is 5.92 Å². The minimum atomic E-state index is -3.13. The van der Waals surface area contributed by atoms with Crippen molar-refractivity contribution in [3.8, 4) is 0 Å². The maximum atomic E-state index is 12.9. The molecule has 0 radical (unpaired) electrons. The Morgan fingerprint density at radius 3 is 2.05 bits per heavy atom. The van der Waals surface area contributed by atoms with E-state index in [9.17, 15) is 13.2 Å². The second kappa shape index (κ2) is 6.09. The van der Waals surface area contributed by atoms with Gasteiger partial charge in [0.25, 0.3) is 0 Å². The van der Waals surface area contributed by atoms with Gasteiger partial charge in [-0.15, -0.1) is 0 Å². The molecule has 1 amide bonds. The van der Waals surface area contributed by atoms with Crippen molar-refractivity contribution in [2.45, 2.75) is 56.7 Å². The molecule has 3 aliphatic heterocycles. The molecule has 0 spiro atoms. The third-order valence-electron chi connectivity index (χ3n) is 5.55. The first-order chi connectivity index (χ1) is 10.4. The molecule has 0 saturated carbocycles. The molecule has 3 aliphatic rings. The smallest absolute Gasteiger partial charge is 0.226 e. The second-order valence-electron chi connectivity index (χ2n) is 6.90. The van der Waals surface area contributed by atoms with Gasteiger partial charge in [0.15, 0.2) is 0 Å². The quantitative estimate of drug-likeness (QED) is 0.769. The zero-order chi connectivity index (χ0) is 15.9. The first kappa shape index (κ1) is 16.2. The van der Waals surface area contributed by atoms with Crippen LogP contribution in [0.5, 0.6) is 0 Å². The van der Waals surface area contributed by atoms with E-state index in [0.29, 0.717) is 38.0 Å². The number of carbonyl (C=O) groups is 1. The fourth-order valence-corrected chi connectivity index (χ4v) is 5.20. The molecule has 6 nitrogen and oxygen atoms in total. The van der Waals surface area contributed by atoms with Crippen molar-refractivity contribution in [1.29, 1.82) is 0 Å². The van der Waals surface area contributed by atoms with Gasteiger partial charge in [0.1, 0.15) is 0 Å². The SMILES string of the molecule is COC1CC2CCC(C1)N2C(=O)C1CCN(S(C)(=O)=O)CC1. The zero-order valence-corrected chi connectivity index (χ0v) is 14.2. The van der Waals surface area contributed by atoms with Crippen molar-refractivity contribution in [3.05, 3.63) is 0 Å². The molecule has 3 heterocycles. The lowest BCUT2D eigenvalue weighted by Crippen LogP contribution is -2.52. The molecular weight excluding hydrogens is 304 g/mol. The van der Waals surface area contributed by atoms with Gasteiger partial charge in [0.2, 0.25) is 15.9 Å². The van der Waals surface area contributed by atoms with Crippen LogP contribution in [-0.2, 0) is 19.6 Å². The number of sulfonamides is 1. The highest BCUT2D eigenvalue weighted by Gasteiger charge is 2.45. The molecule has 0 aliphatic carbocycles. The van der Waals surface area contributed by atoms with Gasteiger partial charge < -0.3 is 9.64 Å². The Morgan fingerprint density at radius 1 is 1.05 bits per heavy atom.